The van der Waals surface area contributed by atoms with E-state index in [0.717, 1.165) is 11.6 Å². The van der Waals surface area contributed by atoms with Crippen molar-refractivity contribution >= 4 is 0 Å². The molecule has 3 rings (SSSR count). The Balaban J connectivity index is 1.89. The van der Waals surface area contributed by atoms with Crippen molar-refractivity contribution in [2.24, 2.45) is 18.7 Å². The first kappa shape index (κ1) is 11.2. The average Bonchev–Trinajstić information content (AvgIpc) is 2.86. The summed E-state index contributed by atoms with van der Waals surface area (Å²) in [6, 6.07) is 0. The van der Waals surface area contributed by atoms with E-state index in [2.05, 4.69) is 12.0 Å². The third-order valence-electron chi connectivity index (χ3n) is 4.41. The van der Waals surface area contributed by atoms with Crippen LogP contribution in [0.2, 0.25) is 0 Å². The van der Waals surface area contributed by atoms with Gasteiger partial charge in [-0.1, -0.05) is 12.8 Å². The van der Waals surface area contributed by atoms with Crippen LogP contribution in [0.15, 0.2) is 0 Å². The minimum absolute atomic E-state index is 0.293. The van der Waals surface area contributed by atoms with Crippen LogP contribution in [-0.2, 0) is 12.6 Å². The van der Waals surface area contributed by atoms with Gasteiger partial charge in [0.2, 0.25) is 0 Å². The lowest BCUT2D eigenvalue weighted by atomic mass is 9.96. The zero-order valence-electron chi connectivity index (χ0n) is 10.8. The van der Waals surface area contributed by atoms with Crippen molar-refractivity contribution in [3.05, 3.63) is 11.6 Å². The minimum Gasteiger partial charge on any atom is -0.319 e. The highest BCUT2D eigenvalue weighted by molar-refractivity contribution is 5.13. The summed E-state index contributed by atoms with van der Waals surface area (Å²) >= 11 is 0. The highest BCUT2D eigenvalue weighted by Gasteiger charge is 2.43. The van der Waals surface area contributed by atoms with E-state index in [1.807, 2.05) is 11.7 Å². The molecule has 2 N–H and O–H groups in total. The maximum Gasteiger partial charge on any atom is 0.154 e. The van der Waals surface area contributed by atoms with Gasteiger partial charge < -0.3 is 5.73 Å². The molecule has 2 aliphatic rings. The molecule has 0 saturated heterocycles. The number of aryl methyl sites for hydroxylation is 1. The Kier molecular flexibility index (Phi) is 2.51. The molecule has 0 radical (unpaired) electrons. The molecule has 0 aromatic carbocycles. The molecule has 4 heteroatoms. The number of aromatic nitrogens is 3. The summed E-state index contributed by atoms with van der Waals surface area (Å²) in [7, 11) is 1.98. The quantitative estimate of drug-likeness (QED) is 0.871. The van der Waals surface area contributed by atoms with Gasteiger partial charge in [0.05, 0.1) is 5.54 Å². The van der Waals surface area contributed by atoms with Crippen LogP contribution in [0.5, 0.6) is 0 Å². The first-order valence-corrected chi connectivity index (χ1v) is 6.79. The second kappa shape index (κ2) is 3.80. The first-order valence-electron chi connectivity index (χ1n) is 6.79. The van der Waals surface area contributed by atoms with Gasteiger partial charge >= 0.3 is 0 Å². The van der Waals surface area contributed by atoms with Crippen LogP contribution in [0.1, 0.15) is 63.0 Å². The van der Waals surface area contributed by atoms with Crippen LogP contribution in [0.25, 0.3) is 0 Å². The van der Waals surface area contributed by atoms with Gasteiger partial charge in [0.1, 0.15) is 5.82 Å². The van der Waals surface area contributed by atoms with E-state index in [4.69, 9.17) is 10.7 Å². The van der Waals surface area contributed by atoms with Crippen molar-refractivity contribution in [2.45, 2.75) is 56.9 Å². The Labute approximate surface area is 103 Å². The number of hydrogen-bond donors (Lipinski definition) is 1. The van der Waals surface area contributed by atoms with Crippen molar-refractivity contribution in [3.63, 3.8) is 0 Å². The molecule has 1 unspecified atom stereocenters. The van der Waals surface area contributed by atoms with E-state index in [-0.39, 0.29) is 5.54 Å². The summed E-state index contributed by atoms with van der Waals surface area (Å²) in [5.74, 6) is 3.17. The van der Waals surface area contributed by atoms with Gasteiger partial charge in [-0.05, 0) is 38.5 Å². The van der Waals surface area contributed by atoms with Crippen LogP contribution in [0.4, 0.5) is 0 Å². The van der Waals surface area contributed by atoms with Crippen LogP contribution >= 0.6 is 0 Å². The van der Waals surface area contributed by atoms with Gasteiger partial charge in [0, 0.05) is 13.0 Å². The van der Waals surface area contributed by atoms with Crippen LogP contribution in [-0.4, -0.2) is 14.8 Å². The lowest BCUT2D eigenvalue weighted by Crippen LogP contribution is -2.38. The number of nitrogens with zero attached hydrogens (tertiary/aromatic N) is 3. The van der Waals surface area contributed by atoms with Crippen LogP contribution < -0.4 is 5.73 Å². The molecule has 1 atom stereocenters. The first-order chi connectivity index (χ1) is 8.09. The van der Waals surface area contributed by atoms with Crippen molar-refractivity contribution in [2.75, 3.05) is 0 Å². The zero-order chi connectivity index (χ0) is 12.0. The second-order valence-corrected chi connectivity index (χ2v) is 5.96. The summed E-state index contributed by atoms with van der Waals surface area (Å²) in [5.41, 5.74) is 6.14. The van der Waals surface area contributed by atoms with Gasteiger partial charge in [-0.15, -0.1) is 0 Å². The molecule has 0 amide bonds. The molecule has 2 saturated carbocycles. The smallest absolute Gasteiger partial charge is 0.154 e. The standard InChI is InChI=1S/C13H22N4/c1-13(14,10-7-8-10)12-15-11(16-17(12)2)9-5-3-4-6-9/h9-10H,3-8,14H2,1-2H3. The second-order valence-electron chi connectivity index (χ2n) is 5.96. The summed E-state index contributed by atoms with van der Waals surface area (Å²) in [4.78, 5) is 4.75. The number of rotatable bonds is 3. The molecule has 1 aromatic rings. The van der Waals surface area contributed by atoms with Gasteiger partial charge in [-0.2, -0.15) is 5.10 Å². The Morgan fingerprint density at radius 1 is 1.24 bits per heavy atom. The van der Waals surface area contributed by atoms with E-state index >= 15 is 0 Å². The molecule has 0 aliphatic heterocycles. The third kappa shape index (κ3) is 1.88. The Morgan fingerprint density at radius 3 is 2.47 bits per heavy atom. The van der Waals surface area contributed by atoms with E-state index < -0.39 is 0 Å². The number of hydrogen-bond acceptors (Lipinski definition) is 3. The zero-order valence-corrected chi connectivity index (χ0v) is 10.8. The Hall–Kier alpha value is -0.900. The van der Waals surface area contributed by atoms with Gasteiger partial charge in [0.25, 0.3) is 0 Å². The SMILES string of the molecule is Cn1nc(C2CCCC2)nc1C(C)(N)C1CC1. The molecule has 2 fully saturated rings. The lowest BCUT2D eigenvalue weighted by molar-refractivity contribution is 0.382. The fraction of sp³-hybridized carbons (Fsp3) is 0.846. The highest BCUT2D eigenvalue weighted by Crippen LogP contribution is 2.43. The highest BCUT2D eigenvalue weighted by atomic mass is 15.3. The molecule has 17 heavy (non-hydrogen) atoms. The molecule has 0 spiro atoms. The average molecular weight is 234 g/mol. The summed E-state index contributed by atoms with van der Waals surface area (Å²) in [5, 5.41) is 4.59. The molecular weight excluding hydrogens is 212 g/mol. The van der Waals surface area contributed by atoms with Crippen LogP contribution in [0.3, 0.4) is 0 Å². The molecule has 1 heterocycles. The predicted octanol–water partition coefficient (Wildman–Crippen LogP) is 2.06. The molecule has 94 valence electrons. The molecule has 4 nitrogen and oxygen atoms in total. The largest absolute Gasteiger partial charge is 0.319 e. The molecule has 0 bridgehead atoms. The fourth-order valence-corrected chi connectivity index (χ4v) is 3.10. The van der Waals surface area contributed by atoms with E-state index in [1.54, 1.807) is 0 Å². The van der Waals surface area contributed by atoms with E-state index in [1.165, 1.54) is 38.5 Å². The van der Waals surface area contributed by atoms with E-state index in [9.17, 15) is 0 Å². The van der Waals surface area contributed by atoms with Crippen molar-refractivity contribution in [3.8, 4) is 0 Å². The molecule has 2 aliphatic carbocycles. The summed E-state index contributed by atoms with van der Waals surface area (Å²) in [6.07, 6.45) is 7.60. The maximum absolute atomic E-state index is 6.43. The third-order valence-corrected chi connectivity index (χ3v) is 4.41. The minimum atomic E-state index is -0.293. The van der Waals surface area contributed by atoms with Crippen LogP contribution in [0, 0.1) is 5.92 Å². The van der Waals surface area contributed by atoms with Crippen molar-refractivity contribution < 1.29 is 0 Å². The maximum atomic E-state index is 6.43. The van der Waals surface area contributed by atoms with Gasteiger partial charge in [0.15, 0.2) is 5.82 Å². The topological polar surface area (TPSA) is 56.7 Å². The van der Waals surface area contributed by atoms with Crippen molar-refractivity contribution in [1.29, 1.82) is 0 Å². The Morgan fingerprint density at radius 2 is 1.88 bits per heavy atom. The van der Waals surface area contributed by atoms with Gasteiger partial charge in [-0.3, -0.25) is 4.68 Å². The van der Waals surface area contributed by atoms with Gasteiger partial charge in [-0.25, -0.2) is 4.98 Å². The molecule has 1 aromatic heterocycles. The summed E-state index contributed by atoms with van der Waals surface area (Å²) < 4.78 is 1.91. The number of nitrogens with two attached hydrogens (primary N) is 1. The Bertz CT molecular complexity index is 411. The summed E-state index contributed by atoms with van der Waals surface area (Å²) in [6.45, 7) is 2.10. The van der Waals surface area contributed by atoms with Crippen molar-refractivity contribution in [1.82, 2.24) is 14.8 Å². The monoisotopic (exact) mass is 234 g/mol. The molecular formula is C13H22N4. The fourth-order valence-electron chi connectivity index (χ4n) is 3.10. The normalized spacial score (nSPS) is 25.1. The van der Waals surface area contributed by atoms with E-state index in [0.29, 0.717) is 11.8 Å². The predicted molar refractivity (Wildman–Crippen MR) is 66.5 cm³/mol. The lowest BCUT2D eigenvalue weighted by Gasteiger charge is -2.22.